The summed E-state index contributed by atoms with van der Waals surface area (Å²) < 4.78 is 11.1. The van der Waals surface area contributed by atoms with Gasteiger partial charge in [0, 0.05) is 16.8 Å². The number of rotatable bonds is 2. The first kappa shape index (κ1) is 15.0. The van der Waals surface area contributed by atoms with E-state index in [1.54, 1.807) is 0 Å². The topological polar surface area (TPSA) is 75.1 Å². The van der Waals surface area contributed by atoms with Crippen molar-refractivity contribution in [2.24, 2.45) is 0 Å². The standard InChI is InChI=1S/C20H14N2O3/c21-12-16-15(13-4-2-1-3-5-13)11-17(22-20(16)23)14-6-7-18-19(10-14)25-9-8-24-18/h1-7,10-11H,8-9H2,(H,22,23). The summed E-state index contributed by atoms with van der Waals surface area (Å²) >= 11 is 0. The van der Waals surface area contributed by atoms with Gasteiger partial charge in [-0.3, -0.25) is 4.79 Å². The number of nitrogens with zero attached hydrogens (tertiary/aromatic N) is 1. The first-order valence-corrected chi connectivity index (χ1v) is 7.89. The molecule has 0 saturated heterocycles. The molecule has 0 aliphatic carbocycles. The molecule has 0 bridgehead atoms. The van der Waals surface area contributed by atoms with E-state index >= 15 is 0 Å². The van der Waals surface area contributed by atoms with Crippen LogP contribution in [-0.2, 0) is 0 Å². The highest BCUT2D eigenvalue weighted by molar-refractivity contribution is 5.76. The van der Waals surface area contributed by atoms with Crippen LogP contribution in [0.4, 0.5) is 0 Å². The second-order valence-electron chi connectivity index (χ2n) is 5.64. The molecule has 0 radical (unpaired) electrons. The molecule has 0 amide bonds. The Morgan fingerprint density at radius 1 is 0.920 bits per heavy atom. The lowest BCUT2D eigenvalue weighted by molar-refractivity contribution is 0.171. The van der Waals surface area contributed by atoms with E-state index in [1.807, 2.05) is 60.7 Å². The van der Waals surface area contributed by atoms with E-state index in [0.29, 0.717) is 36.0 Å². The summed E-state index contributed by atoms with van der Waals surface area (Å²) in [5.74, 6) is 1.34. The molecule has 1 aliphatic rings. The second kappa shape index (κ2) is 6.17. The van der Waals surface area contributed by atoms with Crippen LogP contribution in [0.25, 0.3) is 22.4 Å². The Balaban J connectivity index is 1.88. The highest BCUT2D eigenvalue weighted by Gasteiger charge is 2.15. The normalized spacial score (nSPS) is 12.4. The van der Waals surface area contributed by atoms with Crippen molar-refractivity contribution < 1.29 is 9.47 Å². The van der Waals surface area contributed by atoms with E-state index in [-0.39, 0.29) is 5.56 Å². The minimum absolute atomic E-state index is 0.104. The van der Waals surface area contributed by atoms with Gasteiger partial charge in [-0.1, -0.05) is 30.3 Å². The van der Waals surface area contributed by atoms with Gasteiger partial charge in [0.25, 0.3) is 5.56 Å². The van der Waals surface area contributed by atoms with Crippen molar-refractivity contribution in [1.82, 2.24) is 4.98 Å². The van der Waals surface area contributed by atoms with Gasteiger partial charge in [-0.25, -0.2) is 0 Å². The number of aromatic nitrogens is 1. The summed E-state index contributed by atoms with van der Waals surface area (Å²) in [6.45, 7) is 1.02. The van der Waals surface area contributed by atoms with Crippen molar-refractivity contribution in [3.05, 3.63) is 70.5 Å². The molecule has 5 nitrogen and oxygen atoms in total. The van der Waals surface area contributed by atoms with Gasteiger partial charge in [0.1, 0.15) is 24.8 Å². The van der Waals surface area contributed by atoms with Gasteiger partial charge in [0.15, 0.2) is 11.5 Å². The van der Waals surface area contributed by atoms with Crippen LogP contribution in [0.15, 0.2) is 59.4 Å². The van der Waals surface area contributed by atoms with Crippen molar-refractivity contribution in [3.8, 4) is 40.0 Å². The molecule has 2 aromatic carbocycles. The number of ether oxygens (including phenoxy) is 2. The zero-order valence-electron chi connectivity index (χ0n) is 13.3. The van der Waals surface area contributed by atoms with Crippen LogP contribution in [0.3, 0.4) is 0 Å². The van der Waals surface area contributed by atoms with E-state index in [4.69, 9.17) is 9.47 Å². The maximum Gasteiger partial charge on any atom is 0.266 e. The lowest BCUT2D eigenvalue weighted by atomic mass is 9.99. The predicted molar refractivity (Wildman–Crippen MR) is 93.6 cm³/mol. The number of nitrogens with one attached hydrogen (secondary N) is 1. The summed E-state index contributed by atoms with van der Waals surface area (Å²) in [7, 11) is 0. The van der Waals surface area contributed by atoms with Crippen molar-refractivity contribution in [2.75, 3.05) is 13.2 Å². The van der Waals surface area contributed by atoms with E-state index in [1.165, 1.54) is 0 Å². The van der Waals surface area contributed by atoms with Gasteiger partial charge < -0.3 is 14.5 Å². The molecule has 0 fully saturated rings. The van der Waals surface area contributed by atoms with Crippen LogP contribution in [0.5, 0.6) is 11.5 Å². The first-order valence-electron chi connectivity index (χ1n) is 7.89. The average molecular weight is 330 g/mol. The number of H-pyrrole nitrogens is 1. The van der Waals surface area contributed by atoms with Gasteiger partial charge >= 0.3 is 0 Å². The first-order chi connectivity index (χ1) is 12.3. The second-order valence-corrected chi connectivity index (χ2v) is 5.64. The summed E-state index contributed by atoms with van der Waals surface area (Å²) in [4.78, 5) is 15.2. The van der Waals surface area contributed by atoms with Gasteiger partial charge in [-0.05, 0) is 29.8 Å². The molecule has 0 saturated carbocycles. The van der Waals surface area contributed by atoms with Gasteiger partial charge in [0.2, 0.25) is 0 Å². The van der Waals surface area contributed by atoms with Crippen LogP contribution in [0.2, 0.25) is 0 Å². The van der Waals surface area contributed by atoms with Crippen molar-refractivity contribution in [3.63, 3.8) is 0 Å². The van der Waals surface area contributed by atoms with Crippen LogP contribution in [0.1, 0.15) is 5.56 Å². The van der Waals surface area contributed by atoms with Crippen LogP contribution >= 0.6 is 0 Å². The molecular formula is C20H14N2O3. The zero-order valence-corrected chi connectivity index (χ0v) is 13.3. The molecule has 0 unspecified atom stereocenters. The maximum absolute atomic E-state index is 12.4. The molecule has 4 rings (SSSR count). The molecule has 2 heterocycles. The van der Waals surface area contributed by atoms with Crippen molar-refractivity contribution >= 4 is 0 Å². The number of hydrogen-bond donors (Lipinski definition) is 1. The van der Waals surface area contributed by atoms with E-state index in [0.717, 1.165) is 11.1 Å². The number of hydrogen-bond acceptors (Lipinski definition) is 4. The number of aromatic amines is 1. The Kier molecular flexibility index (Phi) is 3.71. The Morgan fingerprint density at radius 3 is 2.44 bits per heavy atom. The van der Waals surface area contributed by atoms with Gasteiger partial charge in [-0.2, -0.15) is 5.26 Å². The quantitative estimate of drug-likeness (QED) is 0.782. The average Bonchev–Trinajstić information content (AvgIpc) is 2.67. The van der Waals surface area contributed by atoms with E-state index in [2.05, 4.69) is 4.98 Å². The molecule has 25 heavy (non-hydrogen) atoms. The number of nitriles is 1. The monoisotopic (exact) mass is 330 g/mol. The molecule has 0 spiro atoms. The predicted octanol–water partition coefficient (Wildman–Crippen LogP) is 3.35. The third kappa shape index (κ3) is 2.74. The van der Waals surface area contributed by atoms with Crippen LogP contribution in [0, 0.1) is 11.3 Å². The molecular weight excluding hydrogens is 316 g/mol. The highest BCUT2D eigenvalue weighted by atomic mass is 16.6. The summed E-state index contributed by atoms with van der Waals surface area (Å²) in [5.41, 5.74) is 2.55. The number of pyridine rings is 1. The molecule has 1 N–H and O–H groups in total. The molecule has 122 valence electrons. The van der Waals surface area contributed by atoms with Crippen LogP contribution < -0.4 is 15.0 Å². The fourth-order valence-electron chi connectivity index (χ4n) is 2.88. The largest absolute Gasteiger partial charge is 0.486 e. The Bertz CT molecular complexity index is 1030. The minimum Gasteiger partial charge on any atom is -0.486 e. The lowest BCUT2D eigenvalue weighted by Gasteiger charge is -2.19. The molecule has 1 aromatic heterocycles. The Hall–Kier alpha value is -3.52. The lowest BCUT2D eigenvalue weighted by Crippen LogP contribution is -2.15. The van der Waals surface area contributed by atoms with Crippen molar-refractivity contribution in [1.29, 1.82) is 5.26 Å². The van der Waals surface area contributed by atoms with E-state index < -0.39 is 5.56 Å². The summed E-state index contributed by atoms with van der Waals surface area (Å²) in [6, 6.07) is 18.7. The summed E-state index contributed by atoms with van der Waals surface area (Å²) in [6.07, 6.45) is 0. The van der Waals surface area contributed by atoms with Crippen molar-refractivity contribution in [2.45, 2.75) is 0 Å². The molecule has 5 heteroatoms. The van der Waals surface area contributed by atoms with E-state index in [9.17, 15) is 10.1 Å². The fourth-order valence-corrected chi connectivity index (χ4v) is 2.88. The third-order valence-corrected chi connectivity index (χ3v) is 4.08. The minimum atomic E-state index is -0.409. The Labute approximate surface area is 144 Å². The zero-order chi connectivity index (χ0) is 17.2. The highest BCUT2D eigenvalue weighted by Crippen LogP contribution is 2.34. The van der Waals surface area contributed by atoms with Crippen LogP contribution in [-0.4, -0.2) is 18.2 Å². The SMILES string of the molecule is N#Cc1c(-c2ccccc2)cc(-c2ccc3c(c2)OCCO3)[nH]c1=O. The fraction of sp³-hybridized carbons (Fsp3) is 0.100. The molecule has 3 aromatic rings. The maximum atomic E-state index is 12.4. The number of benzene rings is 2. The smallest absolute Gasteiger partial charge is 0.266 e. The van der Waals surface area contributed by atoms with Gasteiger partial charge in [0.05, 0.1) is 0 Å². The third-order valence-electron chi connectivity index (χ3n) is 4.08. The summed E-state index contributed by atoms with van der Waals surface area (Å²) in [5, 5.41) is 9.37. The molecule has 0 atom stereocenters. The van der Waals surface area contributed by atoms with Gasteiger partial charge in [-0.15, -0.1) is 0 Å². The number of fused-ring (bicyclic) bond motifs is 1. The molecule has 1 aliphatic heterocycles. The Morgan fingerprint density at radius 2 is 1.68 bits per heavy atom.